The Morgan fingerprint density at radius 1 is 1.12 bits per heavy atom. The van der Waals surface area contributed by atoms with E-state index in [1.165, 1.54) is 23.7 Å². The van der Waals surface area contributed by atoms with Gasteiger partial charge in [0.2, 0.25) is 15.9 Å². The molecule has 0 saturated carbocycles. The molecule has 2 heterocycles. The first-order valence-electron chi connectivity index (χ1n) is 10.4. The van der Waals surface area contributed by atoms with Gasteiger partial charge >= 0.3 is 5.97 Å². The lowest BCUT2D eigenvalue weighted by molar-refractivity contribution is -0.114. The molecule has 3 rings (SSSR count). The van der Waals surface area contributed by atoms with E-state index in [0.29, 0.717) is 5.69 Å². The summed E-state index contributed by atoms with van der Waals surface area (Å²) in [4.78, 5) is 28.5. The Morgan fingerprint density at radius 3 is 2.36 bits per heavy atom. The maximum Gasteiger partial charge on any atom is 0.339 e. The Morgan fingerprint density at radius 2 is 1.76 bits per heavy atom. The molecular formula is C22H28N4O6S. The van der Waals surface area contributed by atoms with Crippen LogP contribution in [0.4, 0.5) is 11.5 Å². The zero-order chi connectivity index (χ0) is 24.2. The number of amides is 1. The highest BCUT2D eigenvalue weighted by molar-refractivity contribution is 7.89. The Bertz CT molecular complexity index is 1140. The Labute approximate surface area is 193 Å². The molecule has 11 heteroatoms. The second kappa shape index (κ2) is 10.3. The van der Waals surface area contributed by atoms with Gasteiger partial charge in [-0.25, -0.2) is 18.2 Å². The number of pyridine rings is 1. The molecule has 0 aliphatic carbocycles. The Kier molecular flexibility index (Phi) is 7.67. The molecule has 2 aromatic rings. The smallest absolute Gasteiger partial charge is 0.339 e. The van der Waals surface area contributed by atoms with E-state index in [1.807, 2.05) is 32.9 Å². The predicted octanol–water partition coefficient (Wildman–Crippen LogP) is 1.86. The summed E-state index contributed by atoms with van der Waals surface area (Å²) in [5.74, 6) is -1.10. The number of hydrogen-bond acceptors (Lipinski definition) is 8. The lowest BCUT2D eigenvalue weighted by Crippen LogP contribution is -2.41. The van der Waals surface area contributed by atoms with Crippen LogP contribution in [0.3, 0.4) is 0 Å². The Balaban J connectivity index is 1.85. The van der Waals surface area contributed by atoms with Crippen molar-refractivity contribution in [2.75, 3.05) is 50.6 Å². The molecule has 0 bridgehead atoms. The van der Waals surface area contributed by atoms with Gasteiger partial charge in [-0.1, -0.05) is 17.7 Å². The molecule has 1 aliphatic heterocycles. The van der Waals surface area contributed by atoms with Crippen molar-refractivity contribution >= 4 is 33.4 Å². The second-order valence-corrected chi connectivity index (χ2v) is 9.66. The fraction of sp³-hybridized carbons (Fsp3) is 0.409. The zero-order valence-electron chi connectivity index (χ0n) is 19.1. The summed E-state index contributed by atoms with van der Waals surface area (Å²) in [5, 5.41) is 5.66. The molecule has 2 N–H and O–H groups in total. The number of sulfonamides is 1. The van der Waals surface area contributed by atoms with E-state index in [0.717, 1.165) is 16.7 Å². The third kappa shape index (κ3) is 5.67. The number of carbonyl (C=O) groups excluding carboxylic acids is 2. The number of hydrogen-bond donors (Lipinski definition) is 2. The molecule has 1 amide bonds. The van der Waals surface area contributed by atoms with E-state index in [9.17, 15) is 18.0 Å². The molecule has 1 aliphatic rings. The van der Waals surface area contributed by atoms with Crippen LogP contribution in [0, 0.1) is 20.8 Å². The minimum atomic E-state index is -3.99. The summed E-state index contributed by atoms with van der Waals surface area (Å²) in [7, 11) is -2.79. The predicted molar refractivity (Wildman–Crippen MR) is 123 cm³/mol. The van der Waals surface area contributed by atoms with Crippen molar-refractivity contribution in [1.82, 2.24) is 9.29 Å². The number of anilines is 2. The van der Waals surface area contributed by atoms with E-state index < -0.39 is 16.0 Å². The molecule has 1 fully saturated rings. The van der Waals surface area contributed by atoms with E-state index in [2.05, 4.69) is 15.6 Å². The first-order chi connectivity index (χ1) is 15.6. The average molecular weight is 477 g/mol. The van der Waals surface area contributed by atoms with E-state index in [-0.39, 0.29) is 55.0 Å². The number of nitrogens with zero attached hydrogens (tertiary/aromatic N) is 2. The fourth-order valence-corrected chi connectivity index (χ4v) is 5.21. The maximum absolute atomic E-state index is 13.3. The van der Waals surface area contributed by atoms with E-state index >= 15 is 0 Å². The third-order valence-electron chi connectivity index (χ3n) is 5.22. The van der Waals surface area contributed by atoms with Crippen LogP contribution < -0.4 is 10.6 Å². The maximum atomic E-state index is 13.3. The number of methoxy groups -OCH3 is 1. The number of aromatic nitrogens is 1. The number of carbonyl (C=O) groups is 2. The van der Waals surface area contributed by atoms with Crippen molar-refractivity contribution in [3.63, 3.8) is 0 Å². The fourth-order valence-electron chi connectivity index (χ4n) is 3.65. The number of ether oxygens (including phenoxy) is 2. The molecule has 0 unspecified atom stereocenters. The molecule has 1 aromatic heterocycles. The van der Waals surface area contributed by atoms with Crippen molar-refractivity contribution < 1.29 is 27.5 Å². The van der Waals surface area contributed by atoms with Crippen LogP contribution in [0.1, 0.15) is 27.0 Å². The number of benzene rings is 1. The van der Waals surface area contributed by atoms with Crippen LogP contribution in [0.2, 0.25) is 0 Å². The highest BCUT2D eigenvalue weighted by Gasteiger charge is 2.30. The summed E-state index contributed by atoms with van der Waals surface area (Å²) in [6, 6.07) is 5.14. The van der Waals surface area contributed by atoms with Gasteiger partial charge in [0.25, 0.3) is 0 Å². The minimum absolute atomic E-state index is 0.00904. The summed E-state index contributed by atoms with van der Waals surface area (Å²) in [6.07, 6.45) is 1.21. The summed E-state index contributed by atoms with van der Waals surface area (Å²) in [5.41, 5.74) is 3.65. The average Bonchev–Trinajstić information content (AvgIpc) is 2.80. The van der Waals surface area contributed by atoms with Crippen molar-refractivity contribution in [3.05, 3.63) is 46.6 Å². The van der Waals surface area contributed by atoms with E-state index in [4.69, 9.17) is 9.47 Å². The first kappa shape index (κ1) is 24.6. The standard InChI is InChI=1S/C22H28N4O6S/c1-14-9-15(2)20(16(3)10-14)25-19(27)13-24-21-18(11-17(12-23-21)22(28)31-4)33(29,30)26-5-7-32-8-6-26/h9-12H,5-8,13H2,1-4H3,(H,23,24)(H,25,27). The van der Waals surface area contributed by atoms with Gasteiger partial charge in [-0.3, -0.25) is 4.79 Å². The van der Waals surface area contributed by atoms with Gasteiger partial charge in [0.15, 0.2) is 0 Å². The van der Waals surface area contributed by atoms with Gasteiger partial charge in [0.05, 0.1) is 32.4 Å². The number of rotatable bonds is 7. The topological polar surface area (TPSA) is 127 Å². The number of nitrogens with one attached hydrogen (secondary N) is 2. The lowest BCUT2D eigenvalue weighted by atomic mass is 10.1. The Hall–Kier alpha value is -3.02. The van der Waals surface area contributed by atoms with Gasteiger partial charge in [0.1, 0.15) is 10.7 Å². The van der Waals surface area contributed by atoms with Crippen molar-refractivity contribution in [2.45, 2.75) is 25.7 Å². The summed E-state index contributed by atoms with van der Waals surface area (Å²) in [6.45, 7) is 6.46. The van der Waals surface area contributed by atoms with Crippen molar-refractivity contribution in [2.24, 2.45) is 0 Å². The quantitative estimate of drug-likeness (QED) is 0.580. The zero-order valence-corrected chi connectivity index (χ0v) is 19.9. The van der Waals surface area contributed by atoms with Gasteiger partial charge in [-0.05, 0) is 38.0 Å². The van der Waals surface area contributed by atoms with Gasteiger partial charge in [-0.15, -0.1) is 0 Å². The normalized spacial score (nSPS) is 14.5. The van der Waals surface area contributed by atoms with Crippen LogP contribution >= 0.6 is 0 Å². The lowest BCUT2D eigenvalue weighted by Gasteiger charge is -2.27. The highest BCUT2D eigenvalue weighted by atomic mass is 32.2. The van der Waals surface area contributed by atoms with Gasteiger partial charge in [0, 0.05) is 25.0 Å². The molecule has 10 nitrogen and oxygen atoms in total. The second-order valence-electron chi connectivity index (χ2n) is 7.75. The minimum Gasteiger partial charge on any atom is -0.465 e. The molecule has 0 atom stereocenters. The summed E-state index contributed by atoms with van der Waals surface area (Å²) < 4.78 is 37.7. The highest BCUT2D eigenvalue weighted by Crippen LogP contribution is 2.26. The first-order valence-corrected chi connectivity index (χ1v) is 11.9. The molecule has 0 radical (unpaired) electrons. The molecule has 33 heavy (non-hydrogen) atoms. The monoisotopic (exact) mass is 476 g/mol. The largest absolute Gasteiger partial charge is 0.465 e. The summed E-state index contributed by atoms with van der Waals surface area (Å²) >= 11 is 0. The molecule has 1 aromatic carbocycles. The molecule has 1 saturated heterocycles. The molecular weight excluding hydrogens is 448 g/mol. The van der Waals surface area contributed by atoms with Crippen LogP contribution in [0.5, 0.6) is 0 Å². The van der Waals surface area contributed by atoms with Crippen LogP contribution in [0.25, 0.3) is 0 Å². The van der Waals surface area contributed by atoms with Crippen LogP contribution in [0.15, 0.2) is 29.3 Å². The molecule has 0 spiro atoms. The number of esters is 1. The van der Waals surface area contributed by atoms with Gasteiger partial charge < -0.3 is 20.1 Å². The van der Waals surface area contributed by atoms with E-state index in [1.54, 1.807) is 0 Å². The van der Waals surface area contributed by atoms with Gasteiger partial charge in [-0.2, -0.15) is 4.31 Å². The third-order valence-corrected chi connectivity index (χ3v) is 7.13. The number of morpholine rings is 1. The molecule has 178 valence electrons. The SMILES string of the molecule is COC(=O)c1cnc(NCC(=O)Nc2c(C)cc(C)cc2C)c(S(=O)(=O)N2CCOCC2)c1. The van der Waals surface area contributed by atoms with Crippen LogP contribution in [-0.4, -0.2) is 69.5 Å². The van der Waals surface area contributed by atoms with Crippen molar-refractivity contribution in [1.29, 1.82) is 0 Å². The van der Waals surface area contributed by atoms with Crippen molar-refractivity contribution in [3.8, 4) is 0 Å². The van der Waals surface area contributed by atoms with Crippen LogP contribution in [-0.2, 0) is 24.3 Å². The number of aryl methyl sites for hydroxylation is 3.